The summed E-state index contributed by atoms with van der Waals surface area (Å²) in [6.07, 6.45) is 0.235. The molecular weight excluding hydrogens is 407 g/mol. The summed E-state index contributed by atoms with van der Waals surface area (Å²) < 4.78 is 6.89. The summed E-state index contributed by atoms with van der Waals surface area (Å²) in [6.45, 7) is 0. The number of halogens is 3. The van der Waals surface area contributed by atoms with Crippen LogP contribution in [0.5, 0.6) is 5.75 Å². The molecule has 2 aromatic rings. The van der Waals surface area contributed by atoms with Crippen molar-refractivity contribution in [1.82, 2.24) is 0 Å². The fourth-order valence-corrected chi connectivity index (χ4v) is 2.88. The number of carbonyl (C=O) groups is 1. The summed E-state index contributed by atoms with van der Waals surface area (Å²) in [5.74, 6) is 0.639. The Balaban J connectivity index is 2.32. The number of rotatable bonds is 4. The Labute approximate surface area is 139 Å². The average Bonchev–Trinajstić information content (AvgIpc) is 2.42. The highest BCUT2D eigenvalue weighted by molar-refractivity contribution is 9.10. The van der Waals surface area contributed by atoms with Crippen molar-refractivity contribution in [2.24, 2.45) is 0 Å². The lowest BCUT2D eigenvalue weighted by atomic mass is 10.0. The topological polar surface area (TPSA) is 26.3 Å². The Kier molecular flexibility index (Phi) is 5.24. The largest absolute Gasteiger partial charge is 0.496 e. The first-order valence-corrected chi connectivity index (χ1v) is 7.79. The Morgan fingerprint density at radius 1 is 1.25 bits per heavy atom. The molecule has 0 aliphatic carbocycles. The summed E-state index contributed by atoms with van der Waals surface area (Å²) in [7, 11) is 1.59. The van der Waals surface area contributed by atoms with E-state index < -0.39 is 0 Å². The minimum atomic E-state index is -0.0484. The molecule has 0 bridgehead atoms. The highest BCUT2D eigenvalue weighted by Gasteiger charge is 2.15. The van der Waals surface area contributed by atoms with Crippen molar-refractivity contribution < 1.29 is 9.53 Å². The third-order valence-corrected chi connectivity index (χ3v) is 4.64. The maximum Gasteiger partial charge on any atom is 0.168 e. The molecule has 0 amide bonds. The van der Waals surface area contributed by atoms with Crippen LogP contribution in [0.3, 0.4) is 0 Å². The van der Waals surface area contributed by atoms with Crippen LogP contribution in [0.1, 0.15) is 15.9 Å². The molecule has 20 heavy (non-hydrogen) atoms. The predicted octanol–water partition coefficient (Wildman–Crippen LogP) is 5.30. The average molecular weight is 419 g/mol. The Morgan fingerprint density at radius 2 is 2.00 bits per heavy atom. The quantitative estimate of drug-likeness (QED) is 0.630. The lowest BCUT2D eigenvalue weighted by Gasteiger charge is -2.09. The number of Topliss-reactive ketones (excluding diaryl/α,β-unsaturated/α-hetero) is 1. The molecule has 104 valence electrons. The van der Waals surface area contributed by atoms with E-state index in [9.17, 15) is 4.79 Å². The lowest BCUT2D eigenvalue weighted by Crippen LogP contribution is -2.06. The molecule has 0 heterocycles. The maximum absolute atomic E-state index is 12.4. The van der Waals surface area contributed by atoms with Gasteiger partial charge in [0, 0.05) is 26.5 Å². The van der Waals surface area contributed by atoms with Crippen LogP contribution in [-0.2, 0) is 6.42 Å². The van der Waals surface area contributed by atoms with Gasteiger partial charge in [0.2, 0.25) is 0 Å². The zero-order valence-corrected chi connectivity index (χ0v) is 14.5. The smallest absolute Gasteiger partial charge is 0.168 e. The number of ketones is 1. The van der Waals surface area contributed by atoms with E-state index in [1.165, 1.54) is 0 Å². The zero-order chi connectivity index (χ0) is 14.7. The van der Waals surface area contributed by atoms with Crippen molar-refractivity contribution in [2.45, 2.75) is 6.42 Å². The Morgan fingerprint density at radius 3 is 2.70 bits per heavy atom. The number of carbonyl (C=O) groups excluding carboxylic acids is 1. The van der Waals surface area contributed by atoms with Gasteiger partial charge in [-0.25, -0.2) is 0 Å². The van der Waals surface area contributed by atoms with Crippen LogP contribution in [-0.4, -0.2) is 12.9 Å². The van der Waals surface area contributed by atoms with E-state index in [4.69, 9.17) is 16.3 Å². The second-order valence-corrected chi connectivity index (χ2v) is 6.31. The van der Waals surface area contributed by atoms with E-state index in [0.29, 0.717) is 20.8 Å². The van der Waals surface area contributed by atoms with Crippen molar-refractivity contribution in [3.63, 3.8) is 0 Å². The zero-order valence-electron chi connectivity index (χ0n) is 10.6. The molecule has 5 heteroatoms. The lowest BCUT2D eigenvalue weighted by molar-refractivity contribution is 0.0992. The van der Waals surface area contributed by atoms with Crippen LogP contribution >= 0.6 is 43.5 Å². The van der Waals surface area contributed by atoms with Crippen LogP contribution in [0.4, 0.5) is 0 Å². The molecule has 0 atom stereocenters. The first-order chi connectivity index (χ1) is 9.52. The van der Waals surface area contributed by atoms with Crippen LogP contribution < -0.4 is 4.74 Å². The molecule has 0 unspecified atom stereocenters. The van der Waals surface area contributed by atoms with Crippen LogP contribution in [0.2, 0.25) is 5.02 Å². The van der Waals surface area contributed by atoms with Gasteiger partial charge < -0.3 is 4.74 Å². The number of ether oxygens (including phenoxy) is 1. The van der Waals surface area contributed by atoms with E-state index in [0.717, 1.165) is 10.0 Å². The molecule has 0 spiro atoms. The first kappa shape index (κ1) is 15.5. The second kappa shape index (κ2) is 6.74. The maximum atomic E-state index is 12.4. The second-order valence-electron chi connectivity index (χ2n) is 4.16. The number of hydrogen-bond donors (Lipinski definition) is 0. The molecule has 2 rings (SSSR count). The third kappa shape index (κ3) is 3.43. The molecule has 2 aromatic carbocycles. The molecular formula is C15H11Br2ClO2. The molecule has 0 saturated heterocycles. The summed E-state index contributed by atoms with van der Waals surface area (Å²) in [5, 5.41) is 0.437. The van der Waals surface area contributed by atoms with Crippen molar-refractivity contribution in [2.75, 3.05) is 7.11 Å². The van der Waals surface area contributed by atoms with Gasteiger partial charge in [-0.15, -0.1) is 0 Å². The van der Waals surface area contributed by atoms with Crippen LogP contribution in [0, 0.1) is 0 Å². The van der Waals surface area contributed by atoms with Gasteiger partial charge in [0.1, 0.15) is 5.75 Å². The number of hydrogen-bond acceptors (Lipinski definition) is 2. The molecule has 0 aromatic heterocycles. The molecule has 0 fully saturated rings. The summed E-state index contributed by atoms with van der Waals surface area (Å²) in [5.41, 5.74) is 1.32. The highest BCUT2D eigenvalue weighted by Crippen LogP contribution is 2.29. The standard InChI is InChI=1S/C15H11Br2ClO2/c1-20-14-6-5-10(16)7-9(14)8-13(19)11-3-2-4-12(17)15(11)18/h2-7H,8H2,1H3. The van der Waals surface area contributed by atoms with Crippen molar-refractivity contribution in [3.05, 3.63) is 61.5 Å². The third-order valence-electron chi connectivity index (χ3n) is 2.85. The highest BCUT2D eigenvalue weighted by atomic mass is 79.9. The minimum absolute atomic E-state index is 0.0484. The number of benzene rings is 2. The molecule has 0 aliphatic rings. The molecule has 2 nitrogen and oxygen atoms in total. The predicted molar refractivity (Wildman–Crippen MR) is 87.9 cm³/mol. The van der Waals surface area contributed by atoms with Gasteiger partial charge in [0.05, 0.1) is 12.1 Å². The van der Waals surface area contributed by atoms with Gasteiger partial charge >= 0.3 is 0 Å². The van der Waals surface area contributed by atoms with Gasteiger partial charge in [-0.3, -0.25) is 4.79 Å². The molecule has 0 aliphatic heterocycles. The van der Waals surface area contributed by atoms with Crippen LogP contribution in [0.25, 0.3) is 0 Å². The number of methoxy groups -OCH3 is 1. The fourth-order valence-electron chi connectivity index (χ4n) is 1.87. The first-order valence-electron chi connectivity index (χ1n) is 5.82. The SMILES string of the molecule is COc1ccc(Br)cc1CC(=O)c1cccc(Br)c1Cl. The summed E-state index contributed by atoms with van der Waals surface area (Å²) in [6, 6.07) is 10.9. The van der Waals surface area contributed by atoms with E-state index in [-0.39, 0.29) is 12.2 Å². The molecule has 0 N–H and O–H groups in total. The van der Waals surface area contributed by atoms with E-state index >= 15 is 0 Å². The Bertz CT molecular complexity index is 656. The van der Waals surface area contributed by atoms with E-state index in [1.807, 2.05) is 18.2 Å². The Hall–Kier alpha value is -0.840. The normalized spacial score (nSPS) is 10.4. The van der Waals surface area contributed by atoms with Crippen molar-refractivity contribution in [1.29, 1.82) is 0 Å². The van der Waals surface area contributed by atoms with Crippen molar-refractivity contribution in [3.8, 4) is 5.75 Å². The van der Waals surface area contributed by atoms with E-state index in [2.05, 4.69) is 31.9 Å². The summed E-state index contributed by atoms with van der Waals surface area (Å²) >= 11 is 12.9. The molecule has 0 radical (unpaired) electrons. The van der Waals surface area contributed by atoms with Crippen LogP contribution in [0.15, 0.2) is 45.3 Å². The fraction of sp³-hybridized carbons (Fsp3) is 0.133. The summed E-state index contributed by atoms with van der Waals surface area (Å²) in [4.78, 5) is 12.4. The van der Waals surface area contributed by atoms with Gasteiger partial charge in [-0.05, 0) is 46.3 Å². The van der Waals surface area contributed by atoms with Gasteiger partial charge in [-0.1, -0.05) is 33.6 Å². The van der Waals surface area contributed by atoms with E-state index in [1.54, 1.807) is 25.3 Å². The monoisotopic (exact) mass is 416 g/mol. The van der Waals surface area contributed by atoms with Gasteiger partial charge in [0.25, 0.3) is 0 Å². The van der Waals surface area contributed by atoms with Crippen molar-refractivity contribution >= 4 is 49.2 Å². The van der Waals surface area contributed by atoms with Gasteiger partial charge in [-0.2, -0.15) is 0 Å². The minimum Gasteiger partial charge on any atom is -0.496 e. The molecule has 0 saturated carbocycles. The van der Waals surface area contributed by atoms with Gasteiger partial charge in [0.15, 0.2) is 5.78 Å².